The number of aromatic nitrogens is 1. The number of carbonyl (C=O) groups is 1. The van der Waals surface area contributed by atoms with Crippen LogP contribution in [0, 0.1) is 17.0 Å². The number of nitrogens with one attached hydrogen (secondary N) is 1. The number of hydrazone groups is 1. The number of rotatable bonds is 4. The molecule has 0 radical (unpaired) electrons. The molecule has 1 amide bonds. The summed E-state index contributed by atoms with van der Waals surface area (Å²) < 4.78 is 0. The summed E-state index contributed by atoms with van der Waals surface area (Å²) in [5.41, 5.74) is 3.09. The Kier molecular flexibility index (Phi) is 4.42. The highest BCUT2D eigenvalue weighted by molar-refractivity contribution is 5.94. The van der Waals surface area contributed by atoms with Crippen LogP contribution in [0.1, 0.15) is 21.6 Å². The second-order valence-electron chi connectivity index (χ2n) is 4.37. The minimum atomic E-state index is -0.618. The summed E-state index contributed by atoms with van der Waals surface area (Å²) in [7, 11) is 0. The maximum Gasteiger partial charge on any atom is 0.272 e. The van der Waals surface area contributed by atoms with Crippen LogP contribution in [0.5, 0.6) is 5.75 Å². The van der Waals surface area contributed by atoms with Crippen molar-refractivity contribution >= 4 is 17.8 Å². The molecule has 8 nitrogen and oxygen atoms in total. The molecule has 0 spiro atoms. The van der Waals surface area contributed by atoms with Gasteiger partial charge in [0.05, 0.1) is 16.7 Å². The van der Waals surface area contributed by atoms with Crippen molar-refractivity contribution in [1.82, 2.24) is 10.4 Å². The number of pyridine rings is 1. The zero-order chi connectivity index (χ0) is 16.1. The van der Waals surface area contributed by atoms with Gasteiger partial charge in [0, 0.05) is 24.0 Å². The van der Waals surface area contributed by atoms with E-state index in [0.29, 0.717) is 5.56 Å². The third kappa shape index (κ3) is 3.63. The van der Waals surface area contributed by atoms with Gasteiger partial charge >= 0.3 is 0 Å². The highest BCUT2D eigenvalue weighted by Crippen LogP contribution is 2.18. The Balaban J connectivity index is 2.09. The number of nitro groups is 1. The number of non-ortho nitro benzene ring substituents is 1. The standard InChI is InChI=1S/C14H12N4O4/c1-9-2-3-10(7-15-9)14(20)17-16-8-11-6-12(18(21)22)4-5-13(11)19/h2-8,19H,1H3,(H,17,20)/p-1/b16-8-. The normalized spacial score (nSPS) is 10.6. The number of aryl methyl sites for hydroxylation is 1. The molecule has 0 bridgehead atoms. The van der Waals surface area contributed by atoms with E-state index in [0.717, 1.165) is 30.1 Å². The number of nitrogens with zero attached hydrogens (tertiary/aromatic N) is 3. The summed E-state index contributed by atoms with van der Waals surface area (Å²) in [6.07, 6.45) is 2.46. The van der Waals surface area contributed by atoms with Gasteiger partial charge in [-0.05, 0) is 24.6 Å². The lowest BCUT2D eigenvalue weighted by Crippen LogP contribution is -2.18. The average Bonchev–Trinajstić information content (AvgIpc) is 2.49. The van der Waals surface area contributed by atoms with Crippen LogP contribution in [0.4, 0.5) is 5.69 Å². The Morgan fingerprint density at radius 3 is 2.77 bits per heavy atom. The van der Waals surface area contributed by atoms with Gasteiger partial charge in [0.15, 0.2) is 0 Å². The maximum atomic E-state index is 11.8. The van der Waals surface area contributed by atoms with Crippen molar-refractivity contribution in [2.24, 2.45) is 5.10 Å². The van der Waals surface area contributed by atoms with Crippen molar-refractivity contribution in [3.05, 3.63) is 63.5 Å². The fraction of sp³-hybridized carbons (Fsp3) is 0.0714. The highest BCUT2D eigenvalue weighted by Gasteiger charge is 2.06. The molecule has 0 aliphatic carbocycles. The Morgan fingerprint density at radius 2 is 2.14 bits per heavy atom. The van der Waals surface area contributed by atoms with Crippen molar-refractivity contribution in [3.8, 4) is 5.75 Å². The first-order chi connectivity index (χ1) is 10.5. The molecule has 2 rings (SSSR count). The van der Waals surface area contributed by atoms with Crippen molar-refractivity contribution in [1.29, 1.82) is 0 Å². The minimum absolute atomic E-state index is 0.0107. The van der Waals surface area contributed by atoms with E-state index in [4.69, 9.17) is 0 Å². The molecule has 112 valence electrons. The quantitative estimate of drug-likeness (QED) is 0.515. The van der Waals surface area contributed by atoms with E-state index < -0.39 is 16.6 Å². The zero-order valence-electron chi connectivity index (χ0n) is 11.5. The largest absolute Gasteiger partial charge is 0.872 e. The maximum absolute atomic E-state index is 11.8. The average molecular weight is 299 g/mol. The molecule has 0 unspecified atom stereocenters. The number of amides is 1. The smallest absolute Gasteiger partial charge is 0.272 e. The third-order valence-corrected chi connectivity index (χ3v) is 2.75. The first-order valence-corrected chi connectivity index (χ1v) is 6.19. The first-order valence-electron chi connectivity index (χ1n) is 6.19. The van der Waals surface area contributed by atoms with E-state index in [1.165, 1.54) is 6.20 Å². The lowest BCUT2D eigenvalue weighted by molar-refractivity contribution is -0.385. The van der Waals surface area contributed by atoms with Crippen LogP contribution < -0.4 is 10.5 Å². The molecule has 0 saturated carbocycles. The Morgan fingerprint density at radius 1 is 1.36 bits per heavy atom. The molecule has 0 atom stereocenters. The summed E-state index contributed by atoms with van der Waals surface area (Å²) in [6.45, 7) is 1.79. The van der Waals surface area contributed by atoms with Gasteiger partial charge in [-0.1, -0.05) is 11.8 Å². The highest BCUT2D eigenvalue weighted by atomic mass is 16.6. The SMILES string of the molecule is Cc1ccc(C(=O)N/N=C\c2cc([N+](=O)[O-])ccc2[O-])cn1. The molecule has 2 aromatic rings. The number of hydrogen-bond acceptors (Lipinski definition) is 6. The molecule has 1 N–H and O–H groups in total. The summed E-state index contributed by atoms with van der Waals surface area (Å²) in [5, 5.41) is 25.8. The molecule has 0 saturated heterocycles. The van der Waals surface area contributed by atoms with Crippen molar-refractivity contribution < 1.29 is 14.8 Å². The third-order valence-electron chi connectivity index (χ3n) is 2.75. The van der Waals surface area contributed by atoms with Crippen LogP contribution >= 0.6 is 0 Å². The molecule has 0 fully saturated rings. The summed E-state index contributed by atoms with van der Waals surface area (Å²) in [4.78, 5) is 25.8. The van der Waals surface area contributed by atoms with Gasteiger partial charge in [0.2, 0.25) is 0 Å². The lowest BCUT2D eigenvalue weighted by atomic mass is 10.2. The van der Waals surface area contributed by atoms with Gasteiger partial charge in [0.1, 0.15) is 0 Å². The molecule has 1 heterocycles. The van der Waals surface area contributed by atoms with E-state index in [1.54, 1.807) is 19.1 Å². The van der Waals surface area contributed by atoms with Crippen LogP contribution in [0.2, 0.25) is 0 Å². The van der Waals surface area contributed by atoms with Gasteiger partial charge in [0.25, 0.3) is 11.6 Å². The molecule has 8 heteroatoms. The second-order valence-corrected chi connectivity index (χ2v) is 4.37. The van der Waals surface area contributed by atoms with E-state index in [1.807, 2.05) is 0 Å². The van der Waals surface area contributed by atoms with Crippen molar-refractivity contribution in [2.45, 2.75) is 6.92 Å². The molecular weight excluding hydrogens is 288 g/mol. The van der Waals surface area contributed by atoms with Gasteiger partial charge < -0.3 is 5.11 Å². The molecule has 22 heavy (non-hydrogen) atoms. The van der Waals surface area contributed by atoms with Gasteiger partial charge in [-0.3, -0.25) is 19.9 Å². The van der Waals surface area contributed by atoms with Gasteiger partial charge in [-0.15, -0.1) is 0 Å². The number of nitro benzene ring substituents is 1. The first kappa shape index (κ1) is 15.1. The van der Waals surface area contributed by atoms with Crippen LogP contribution in [0.25, 0.3) is 0 Å². The topological polar surface area (TPSA) is 121 Å². The van der Waals surface area contributed by atoms with E-state index in [9.17, 15) is 20.0 Å². The van der Waals surface area contributed by atoms with Crippen LogP contribution in [-0.4, -0.2) is 22.0 Å². The van der Waals surface area contributed by atoms with Crippen molar-refractivity contribution in [2.75, 3.05) is 0 Å². The summed E-state index contributed by atoms with van der Waals surface area (Å²) >= 11 is 0. The summed E-state index contributed by atoms with van der Waals surface area (Å²) in [6, 6.07) is 6.53. The second kappa shape index (κ2) is 6.44. The van der Waals surface area contributed by atoms with E-state index in [-0.39, 0.29) is 11.3 Å². The molecule has 0 aliphatic rings. The van der Waals surface area contributed by atoms with Crippen LogP contribution in [-0.2, 0) is 0 Å². The molecule has 1 aromatic heterocycles. The predicted octanol–water partition coefficient (Wildman–Crippen LogP) is 1.14. The molecular formula is C14H11N4O4-. The summed E-state index contributed by atoms with van der Waals surface area (Å²) in [5.74, 6) is -0.928. The van der Waals surface area contributed by atoms with E-state index >= 15 is 0 Å². The number of benzene rings is 1. The Bertz CT molecular complexity index is 741. The number of hydrogen-bond donors (Lipinski definition) is 1. The monoisotopic (exact) mass is 299 g/mol. The fourth-order valence-electron chi connectivity index (χ4n) is 1.58. The zero-order valence-corrected chi connectivity index (χ0v) is 11.5. The lowest BCUT2D eigenvalue weighted by Gasteiger charge is -2.08. The van der Waals surface area contributed by atoms with Crippen molar-refractivity contribution in [3.63, 3.8) is 0 Å². The Hall–Kier alpha value is -3.29. The molecule has 0 aliphatic heterocycles. The number of carbonyl (C=O) groups excluding carboxylic acids is 1. The van der Waals surface area contributed by atoms with E-state index in [2.05, 4.69) is 15.5 Å². The van der Waals surface area contributed by atoms with Gasteiger partial charge in [-0.2, -0.15) is 5.10 Å². The predicted molar refractivity (Wildman–Crippen MR) is 76.6 cm³/mol. The van der Waals surface area contributed by atoms with Gasteiger partial charge in [-0.25, -0.2) is 5.43 Å². The Labute approximate surface area is 125 Å². The minimum Gasteiger partial charge on any atom is -0.872 e. The molecule has 1 aromatic carbocycles. The fourth-order valence-corrected chi connectivity index (χ4v) is 1.58. The van der Waals surface area contributed by atoms with Crippen LogP contribution in [0.15, 0.2) is 41.6 Å². The van der Waals surface area contributed by atoms with Crippen LogP contribution in [0.3, 0.4) is 0 Å².